The van der Waals surface area contributed by atoms with Crippen LogP contribution in [0.15, 0.2) is 23.1 Å². The lowest BCUT2D eigenvalue weighted by molar-refractivity contribution is -0.125. The molecule has 1 aromatic carbocycles. The maximum absolute atomic E-state index is 12.6. The van der Waals surface area contributed by atoms with Crippen molar-refractivity contribution < 1.29 is 27.5 Å². The number of ether oxygens (including phenoxy) is 2. The van der Waals surface area contributed by atoms with E-state index in [-0.39, 0.29) is 23.5 Å². The first kappa shape index (κ1) is 18.4. The number of aryl methyl sites for hydroxylation is 1. The lowest BCUT2D eigenvalue weighted by Crippen LogP contribution is -2.40. The van der Waals surface area contributed by atoms with Gasteiger partial charge in [-0.05, 0) is 31.5 Å². The topological polar surface area (TPSA) is 116 Å². The summed E-state index contributed by atoms with van der Waals surface area (Å²) < 4.78 is 36.7. The number of amides is 1. The fraction of sp³-hybridized carbons (Fsp3) is 0.467. The number of carbonyl (C=O) groups excluding carboxylic acids is 2. The van der Waals surface area contributed by atoms with E-state index >= 15 is 0 Å². The third-order valence-corrected chi connectivity index (χ3v) is 5.62. The molecule has 1 heterocycles. The Hall–Kier alpha value is -1.97. The first-order valence-corrected chi connectivity index (χ1v) is 8.86. The summed E-state index contributed by atoms with van der Waals surface area (Å²) in [5.41, 5.74) is 5.69. The molecule has 0 aliphatic carbocycles. The molecule has 0 spiro atoms. The number of esters is 1. The van der Waals surface area contributed by atoms with Crippen molar-refractivity contribution in [2.45, 2.75) is 24.8 Å². The van der Waals surface area contributed by atoms with E-state index in [2.05, 4.69) is 0 Å². The Labute approximate surface area is 140 Å². The van der Waals surface area contributed by atoms with Gasteiger partial charge in [0.2, 0.25) is 10.0 Å². The highest BCUT2D eigenvalue weighted by Crippen LogP contribution is 2.21. The summed E-state index contributed by atoms with van der Waals surface area (Å²) in [5.74, 6) is -1.57. The quantitative estimate of drug-likeness (QED) is 0.745. The number of hydrogen-bond donors (Lipinski definition) is 1. The second-order valence-corrected chi connectivity index (χ2v) is 7.38. The fourth-order valence-electron chi connectivity index (χ4n) is 2.20. The number of carbonyl (C=O) groups is 2. The predicted octanol–water partition coefficient (Wildman–Crippen LogP) is 0.0465. The number of nitrogens with zero attached hydrogens (tertiary/aromatic N) is 1. The van der Waals surface area contributed by atoms with Crippen molar-refractivity contribution in [3.05, 3.63) is 29.3 Å². The number of primary amides is 1. The van der Waals surface area contributed by atoms with Crippen molar-refractivity contribution in [1.29, 1.82) is 0 Å². The largest absolute Gasteiger partial charge is 0.449 e. The van der Waals surface area contributed by atoms with E-state index in [0.717, 1.165) is 0 Å². The van der Waals surface area contributed by atoms with E-state index in [0.29, 0.717) is 18.8 Å². The molecule has 2 rings (SSSR count). The molecular formula is C15H20N2O6S. The SMILES string of the molecule is Cc1ccc(S(=O)(=O)N2CCOCC2)cc1C(=O)O[C@H](C)C(N)=O. The highest BCUT2D eigenvalue weighted by atomic mass is 32.2. The van der Waals surface area contributed by atoms with Crippen LogP contribution < -0.4 is 5.73 Å². The minimum Gasteiger partial charge on any atom is -0.449 e. The summed E-state index contributed by atoms with van der Waals surface area (Å²) in [6, 6.07) is 4.23. The van der Waals surface area contributed by atoms with Crippen molar-refractivity contribution in [1.82, 2.24) is 4.31 Å². The Bertz CT molecular complexity index is 740. The van der Waals surface area contributed by atoms with Crippen molar-refractivity contribution >= 4 is 21.9 Å². The lowest BCUT2D eigenvalue weighted by Gasteiger charge is -2.26. The molecule has 0 bridgehead atoms. The highest BCUT2D eigenvalue weighted by Gasteiger charge is 2.28. The summed E-state index contributed by atoms with van der Waals surface area (Å²) in [6.07, 6.45) is -1.10. The molecule has 0 unspecified atom stereocenters. The molecule has 9 heteroatoms. The zero-order chi connectivity index (χ0) is 17.9. The van der Waals surface area contributed by atoms with Crippen LogP contribution in [0.5, 0.6) is 0 Å². The van der Waals surface area contributed by atoms with Crippen LogP contribution >= 0.6 is 0 Å². The van der Waals surface area contributed by atoms with Crippen molar-refractivity contribution in [3.63, 3.8) is 0 Å². The van der Waals surface area contributed by atoms with Gasteiger partial charge >= 0.3 is 5.97 Å². The van der Waals surface area contributed by atoms with Crippen molar-refractivity contribution in [3.8, 4) is 0 Å². The smallest absolute Gasteiger partial charge is 0.339 e. The van der Waals surface area contributed by atoms with Gasteiger partial charge in [0.15, 0.2) is 6.10 Å². The van der Waals surface area contributed by atoms with Crippen LogP contribution in [0.1, 0.15) is 22.8 Å². The Morgan fingerprint density at radius 2 is 1.92 bits per heavy atom. The standard InChI is InChI=1S/C15H20N2O6S/c1-10-3-4-12(24(20,21)17-5-7-22-8-6-17)9-13(10)15(19)23-11(2)14(16)18/h3-4,9,11H,5-8H2,1-2H3,(H2,16,18)/t11-/m1/s1. The number of rotatable bonds is 5. The molecule has 1 aliphatic rings. The molecule has 1 aromatic rings. The Morgan fingerprint density at radius 3 is 2.50 bits per heavy atom. The van der Waals surface area contributed by atoms with Gasteiger partial charge in [-0.15, -0.1) is 0 Å². The van der Waals surface area contributed by atoms with Crippen LogP contribution in [-0.4, -0.2) is 57.0 Å². The Kier molecular flexibility index (Phi) is 5.58. The van der Waals surface area contributed by atoms with Gasteiger partial charge in [-0.2, -0.15) is 4.31 Å². The average Bonchev–Trinajstić information content (AvgIpc) is 2.55. The monoisotopic (exact) mass is 356 g/mol. The van der Waals surface area contributed by atoms with Gasteiger partial charge < -0.3 is 15.2 Å². The van der Waals surface area contributed by atoms with E-state index in [1.165, 1.54) is 29.4 Å². The Balaban J connectivity index is 2.31. The maximum atomic E-state index is 12.6. The van der Waals surface area contributed by atoms with Gasteiger partial charge in [-0.25, -0.2) is 13.2 Å². The number of nitrogens with two attached hydrogens (primary N) is 1. The number of benzene rings is 1. The number of sulfonamides is 1. The molecule has 1 atom stereocenters. The van der Waals surface area contributed by atoms with Gasteiger partial charge in [0, 0.05) is 13.1 Å². The summed E-state index contributed by atoms with van der Waals surface area (Å²) in [6.45, 7) is 4.18. The number of morpholine rings is 1. The summed E-state index contributed by atoms with van der Waals surface area (Å²) in [7, 11) is -3.73. The van der Waals surface area contributed by atoms with Gasteiger partial charge in [0.1, 0.15) is 0 Å². The van der Waals surface area contributed by atoms with Gasteiger partial charge in [0.05, 0.1) is 23.7 Å². The van der Waals surface area contributed by atoms with E-state index in [1.54, 1.807) is 6.92 Å². The molecule has 0 saturated carbocycles. The van der Waals surface area contributed by atoms with Crippen molar-refractivity contribution in [2.24, 2.45) is 5.73 Å². The third kappa shape index (κ3) is 3.92. The van der Waals surface area contributed by atoms with Crippen LogP contribution in [0.3, 0.4) is 0 Å². The van der Waals surface area contributed by atoms with E-state index in [1.807, 2.05) is 0 Å². The van der Waals surface area contributed by atoms with Gasteiger partial charge in [-0.1, -0.05) is 6.07 Å². The average molecular weight is 356 g/mol. The second kappa shape index (κ2) is 7.29. The molecular weight excluding hydrogens is 336 g/mol. The van der Waals surface area contributed by atoms with E-state index in [4.69, 9.17) is 15.2 Å². The van der Waals surface area contributed by atoms with Crippen LogP contribution in [0.4, 0.5) is 0 Å². The van der Waals surface area contributed by atoms with Crippen LogP contribution in [0.25, 0.3) is 0 Å². The Morgan fingerprint density at radius 1 is 1.29 bits per heavy atom. The van der Waals surface area contributed by atoms with Crippen LogP contribution in [0.2, 0.25) is 0 Å². The highest BCUT2D eigenvalue weighted by molar-refractivity contribution is 7.89. The molecule has 0 radical (unpaired) electrons. The molecule has 24 heavy (non-hydrogen) atoms. The maximum Gasteiger partial charge on any atom is 0.339 e. The first-order chi connectivity index (χ1) is 11.2. The zero-order valence-electron chi connectivity index (χ0n) is 13.5. The molecule has 1 saturated heterocycles. The van der Waals surface area contributed by atoms with Gasteiger partial charge in [-0.3, -0.25) is 4.79 Å². The minimum absolute atomic E-state index is 0.00585. The summed E-state index contributed by atoms with van der Waals surface area (Å²) >= 11 is 0. The zero-order valence-corrected chi connectivity index (χ0v) is 14.3. The molecule has 1 aliphatic heterocycles. The minimum atomic E-state index is -3.73. The second-order valence-electron chi connectivity index (χ2n) is 5.44. The molecule has 8 nitrogen and oxygen atoms in total. The van der Waals surface area contributed by atoms with Crippen LogP contribution in [0, 0.1) is 6.92 Å². The lowest BCUT2D eigenvalue weighted by atomic mass is 10.1. The summed E-state index contributed by atoms with van der Waals surface area (Å²) in [4.78, 5) is 23.2. The molecule has 0 aromatic heterocycles. The molecule has 1 fully saturated rings. The van der Waals surface area contributed by atoms with Crippen molar-refractivity contribution in [2.75, 3.05) is 26.3 Å². The molecule has 2 N–H and O–H groups in total. The first-order valence-electron chi connectivity index (χ1n) is 7.42. The fourth-order valence-corrected chi connectivity index (χ4v) is 3.63. The molecule has 1 amide bonds. The molecule has 132 valence electrons. The van der Waals surface area contributed by atoms with Crippen LogP contribution in [-0.2, 0) is 24.3 Å². The van der Waals surface area contributed by atoms with Gasteiger partial charge in [0.25, 0.3) is 5.91 Å². The third-order valence-electron chi connectivity index (χ3n) is 3.72. The summed E-state index contributed by atoms with van der Waals surface area (Å²) in [5, 5.41) is 0. The number of hydrogen-bond acceptors (Lipinski definition) is 6. The van der Waals surface area contributed by atoms with E-state index in [9.17, 15) is 18.0 Å². The van der Waals surface area contributed by atoms with E-state index < -0.39 is 28.0 Å². The predicted molar refractivity (Wildman–Crippen MR) is 84.8 cm³/mol. The normalized spacial score (nSPS) is 17.2.